The van der Waals surface area contributed by atoms with Crippen molar-refractivity contribution >= 4 is 28.1 Å². The lowest BCUT2D eigenvalue weighted by Gasteiger charge is -2.30. The molecule has 2 N–H and O–H groups in total. The summed E-state index contributed by atoms with van der Waals surface area (Å²) in [7, 11) is 1.22. The van der Waals surface area contributed by atoms with Gasteiger partial charge in [0.1, 0.15) is 11.6 Å². The van der Waals surface area contributed by atoms with Crippen LogP contribution in [0.2, 0.25) is 0 Å². The fourth-order valence-corrected chi connectivity index (χ4v) is 3.85. The number of alkyl halides is 3. The van der Waals surface area contributed by atoms with Crippen LogP contribution >= 0.6 is 0 Å². The molecule has 30 heavy (non-hydrogen) atoms. The third kappa shape index (κ3) is 3.81. The van der Waals surface area contributed by atoms with E-state index in [-0.39, 0.29) is 11.4 Å². The van der Waals surface area contributed by atoms with Gasteiger partial charge in [-0.2, -0.15) is 13.2 Å². The number of H-pyrrole nitrogens is 1. The van der Waals surface area contributed by atoms with E-state index in [9.17, 15) is 13.2 Å². The molecule has 1 fully saturated rings. The summed E-state index contributed by atoms with van der Waals surface area (Å²) in [6.45, 7) is 6.19. The number of rotatable bonds is 5. The highest BCUT2D eigenvalue weighted by atomic mass is 19.4. The highest BCUT2D eigenvalue weighted by Crippen LogP contribution is 2.39. The van der Waals surface area contributed by atoms with Crippen LogP contribution in [-0.2, 0) is 6.18 Å². The molecule has 1 aromatic carbocycles. The summed E-state index contributed by atoms with van der Waals surface area (Å²) in [5, 5.41) is 3.80. The third-order valence-electron chi connectivity index (χ3n) is 5.41. The molecule has 1 aliphatic rings. The fourth-order valence-electron chi connectivity index (χ4n) is 3.85. The Morgan fingerprint density at radius 3 is 2.67 bits per heavy atom. The molecule has 1 saturated heterocycles. The van der Waals surface area contributed by atoms with Crippen molar-refractivity contribution < 1.29 is 17.9 Å². The molecule has 158 valence electrons. The molecule has 0 spiro atoms. The van der Waals surface area contributed by atoms with E-state index in [1.807, 2.05) is 6.07 Å². The molecule has 0 bridgehead atoms. The molecule has 3 aromatic rings. The Hall–Kier alpha value is -3.16. The maximum atomic E-state index is 13.3. The van der Waals surface area contributed by atoms with Crippen LogP contribution in [-0.4, -0.2) is 35.1 Å². The van der Waals surface area contributed by atoms with Gasteiger partial charge in [0, 0.05) is 47.8 Å². The molecular formula is C22H23F3N4O. The van der Waals surface area contributed by atoms with Gasteiger partial charge >= 0.3 is 6.18 Å². The minimum absolute atomic E-state index is 0.221. The van der Waals surface area contributed by atoms with Crippen molar-refractivity contribution in [3.05, 3.63) is 54.4 Å². The Balaban J connectivity index is 1.67. The number of aromatic nitrogens is 2. The van der Waals surface area contributed by atoms with Crippen LogP contribution in [0, 0.1) is 0 Å². The number of pyridine rings is 1. The lowest BCUT2D eigenvalue weighted by molar-refractivity contribution is -0.138. The first kappa shape index (κ1) is 20.1. The van der Waals surface area contributed by atoms with Crippen molar-refractivity contribution in [2.24, 2.45) is 0 Å². The van der Waals surface area contributed by atoms with Gasteiger partial charge in [-0.25, -0.2) is 4.98 Å². The smallest absolute Gasteiger partial charge is 0.420 e. The standard InChI is InChI=1S/C22H23F3N4O/c1-14(29-10-4-3-5-11-29)17-13-27-21(16-8-9-26-20(16)17)28-15-6-7-19(30-2)18(12-15)22(23,24)25/h6-9,12-13,26H,1,3-5,10-11H2,2H3,(H,27,28). The number of fused-ring (bicyclic) bond motifs is 1. The summed E-state index contributed by atoms with van der Waals surface area (Å²) in [5.74, 6) is 0.251. The third-order valence-corrected chi connectivity index (χ3v) is 5.41. The van der Waals surface area contributed by atoms with Crippen LogP contribution in [0.4, 0.5) is 24.7 Å². The Morgan fingerprint density at radius 1 is 1.20 bits per heavy atom. The van der Waals surface area contributed by atoms with Gasteiger partial charge in [-0.3, -0.25) is 0 Å². The van der Waals surface area contributed by atoms with Crippen LogP contribution in [0.1, 0.15) is 30.4 Å². The SMILES string of the molecule is C=C(c1cnc(Nc2ccc(OC)c(C(F)(F)F)c2)c2cc[nH]c12)N1CCCCC1. The van der Waals surface area contributed by atoms with Crippen LogP contribution in [0.3, 0.4) is 0 Å². The second kappa shape index (κ2) is 7.93. The quantitative estimate of drug-likeness (QED) is 0.553. The Morgan fingerprint density at radius 2 is 1.97 bits per heavy atom. The highest BCUT2D eigenvalue weighted by Gasteiger charge is 2.34. The van der Waals surface area contributed by atoms with E-state index < -0.39 is 11.7 Å². The number of likely N-dealkylation sites (tertiary alicyclic amines) is 1. The molecule has 4 rings (SSSR count). The van der Waals surface area contributed by atoms with Crippen molar-refractivity contribution in [2.75, 3.05) is 25.5 Å². The molecule has 5 nitrogen and oxygen atoms in total. The molecule has 1 aliphatic heterocycles. The van der Waals surface area contributed by atoms with Crippen molar-refractivity contribution in [1.82, 2.24) is 14.9 Å². The zero-order chi connectivity index (χ0) is 21.3. The molecule has 0 unspecified atom stereocenters. The Labute approximate surface area is 172 Å². The first-order valence-electron chi connectivity index (χ1n) is 9.81. The van der Waals surface area contributed by atoms with Crippen molar-refractivity contribution in [3.8, 4) is 5.75 Å². The number of aromatic amines is 1. The number of anilines is 2. The van der Waals surface area contributed by atoms with Crippen molar-refractivity contribution in [3.63, 3.8) is 0 Å². The number of nitrogens with one attached hydrogen (secondary N) is 2. The summed E-state index contributed by atoms with van der Waals surface area (Å²) < 4.78 is 44.9. The average Bonchev–Trinajstić information content (AvgIpc) is 3.24. The van der Waals surface area contributed by atoms with Gasteiger partial charge in [-0.1, -0.05) is 6.58 Å². The first-order valence-corrected chi connectivity index (χ1v) is 9.81. The first-order chi connectivity index (χ1) is 14.4. The number of hydrogen-bond acceptors (Lipinski definition) is 4. The second-order valence-corrected chi connectivity index (χ2v) is 7.32. The number of nitrogens with zero attached hydrogens (tertiary/aromatic N) is 2. The Bertz CT molecular complexity index is 1070. The Kier molecular flexibility index (Phi) is 5.32. The number of benzene rings is 1. The van der Waals surface area contributed by atoms with E-state index in [4.69, 9.17) is 4.74 Å². The molecular weight excluding hydrogens is 393 g/mol. The van der Waals surface area contributed by atoms with E-state index >= 15 is 0 Å². The van der Waals surface area contributed by atoms with Gasteiger partial charge in [-0.15, -0.1) is 0 Å². The molecule has 0 radical (unpaired) electrons. The molecule has 2 aromatic heterocycles. The van der Waals surface area contributed by atoms with Gasteiger partial charge in [0.2, 0.25) is 0 Å². The van der Waals surface area contributed by atoms with Crippen molar-refractivity contribution in [2.45, 2.75) is 25.4 Å². The maximum Gasteiger partial charge on any atom is 0.420 e. The zero-order valence-corrected chi connectivity index (χ0v) is 16.6. The average molecular weight is 416 g/mol. The fraction of sp³-hybridized carbons (Fsp3) is 0.318. The number of methoxy groups -OCH3 is 1. The summed E-state index contributed by atoms with van der Waals surface area (Å²) in [6, 6.07) is 5.71. The van der Waals surface area contributed by atoms with E-state index in [2.05, 4.69) is 26.8 Å². The minimum Gasteiger partial charge on any atom is -0.496 e. The predicted molar refractivity (Wildman–Crippen MR) is 112 cm³/mol. The van der Waals surface area contributed by atoms with Crippen LogP contribution in [0.25, 0.3) is 16.6 Å². The van der Waals surface area contributed by atoms with Gasteiger partial charge in [0.05, 0.1) is 18.2 Å². The lowest BCUT2D eigenvalue weighted by Crippen LogP contribution is -2.27. The summed E-state index contributed by atoms with van der Waals surface area (Å²) in [5.41, 5.74) is 2.10. The predicted octanol–water partition coefficient (Wildman–Crippen LogP) is 5.79. The zero-order valence-electron chi connectivity index (χ0n) is 16.6. The molecule has 8 heteroatoms. The molecule has 0 amide bonds. The van der Waals surface area contributed by atoms with Gasteiger partial charge in [-0.05, 0) is 43.5 Å². The van der Waals surface area contributed by atoms with E-state index in [1.165, 1.54) is 25.7 Å². The van der Waals surface area contributed by atoms with Gasteiger partial charge in [0.25, 0.3) is 0 Å². The molecule has 0 atom stereocenters. The van der Waals surface area contributed by atoms with Crippen LogP contribution < -0.4 is 10.1 Å². The molecule has 3 heterocycles. The van der Waals surface area contributed by atoms with E-state index in [1.54, 1.807) is 12.4 Å². The number of ether oxygens (including phenoxy) is 1. The minimum atomic E-state index is -4.52. The van der Waals surface area contributed by atoms with Crippen LogP contribution in [0.15, 0.2) is 43.2 Å². The number of piperidine rings is 1. The number of halogens is 3. The number of hydrogen-bond donors (Lipinski definition) is 2. The largest absolute Gasteiger partial charge is 0.496 e. The van der Waals surface area contributed by atoms with Gasteiger partial charge in [0.15, 0.2) is 0 Å². The normalized spacial score (nSPS) is 14.7. The lowest BCUT2D eigenvalue weighted by atomic mass is 10.1. The van der Waals surface area contributed by atoms with Crippen LogP contribution in [0.5, 0.6) is 5.75 Å². The second-order valence-electron chi connectivity index (χ2n) is 7.32. The topological polar surface area (TPSA) is 53.2 Å². The maximum absolute atomic E-state index is 13.3. The highest BCUT2D eigenvalue weighted by molar-refractivity contribution is 5.97. The van der Waals surface area contributed by atoms with E-state index in [0.717, 1.165) is 54.2 Å². The van der Waals surface area contributed by atoms with Gasteiger partial charge < -0.3 is 19.9 Å². The van der Waals surface area contributed by atoms with Crippen molar-refractivity contribution in [1.29, 1.82) is 0 Å². The van der Waals surface area contributed by atoms with E-state index in [0.29, 0.717) is 5.82 Å². The summed E-state index contributed by atoms with van der Waals surface area (Å²) >= 11 is 0. The monoisotopic (exact) mass is 416 g/mol. The molecule has 0 aliphatic carbocycles. The summed E-state index contributed by atoms with van der Waals surface area (Å²) in [6.07, 6.45) is 2.49. The summed E-state index contributed by atoms with van der Waals surface area (Å²) in [4.78, 5) is 9.97. The molecule has 0 saturated carbocycles.